The van der Waals surface area contributed by atoms with Crippen LogP contribution in [0.5, 0.6) is 0 Å². The molecule has 1 heterocycles. The van der Waals surface area contributed by atoms with Gasteiger partial charge in [-0.3, -0.25) is 4.79 Å². The van der Waals surface area contributed by atoms with Gasteiger partial charge in [0.2, 0.25) is 0 Å². The molecule has 0 unspecified atom stereocenters. The van der Waals surface area contributed by atoms with Gasteiger partial charge in [0.15, 0.2) is 0 Å². The third kappa shape index (κ3) is 3.80. The molecule has 1 N–H and O–H groups in total. The average Bonchev–Trinajstić information content (AvgIpc) is 2.89. The molecule has 128 valence electrons. The third-order valence-corrected chi connectivity index (χ3v) is 4.33. The number of rotatable bonds is 3. The molecule has 2 nitrogen and oxygen atoms in total. The van der Waals surface area contributed by atoms with Crippen molar-refractivity contribution in [3.8, 4) is 0 Å². The van der Waals surface area contributed by atoms with Gasteiger partial charge in [0, 0.05) is 20.4 Å². The number of aromatic nitrogens is 1. The molecule has 0 spiro atoms. The van der Waals surface area contributed by atoms with E-state index in [2.05, 4.69) is 20.9 Å². The van der Waals surface area contributed by atoms with E-state index in [0.29, 0.717) is 15.0 Å². The lowest BCUT2D eigenvalue weighted by atomic mass is 10.0. The van der Waals surface area contributed by atoms with Crippen molar-refractivity contribution in [2.24, 2.45) is 0 Å². The van der Waals surface area contributed by atoms with Crippen molar-refractivity contribution in [3.63, 3.8) is 0 Å². The molecule has 7 heteroatoms. The number of ketones is 1. The number of alkyl halides is 3. The summed E-state index contributed by atoms with van der Waals surface area (Å²) < 4.78 is 39.7. The highest BCUT2D eigenvalue weighted by Crippen LogP contribution is 2.32. The molecule has 0 aliphatic carbocycles. The summed E-state index contributed by atoms with van der Waals surface area (Å²) >= 11 is 9.08. The molecule has 1 aromatic heterocycles. The molecule has 0 aliphatic heterocycles. The van der Waals surface area contributed by atoms with Crippen LogP contribution in [-0.4, -0.2) is 16.9 Å². The Balaban J connectivity index is 2.13. The Morgan fingerprint density at radius 3 is 2.40 bits per heavy atom. The number of benzene rings is 2. The van der Waals surface area contributed by atoms with Gasteiger partial charge in [0.1, 0.15) is 0 Å². The van der Waals surface area contributed by atoms with Gasteiger partial charge in [-0.15, -0.1) is 0 Å². The molecule has 2 aromatic carbocycles. The molecule has 25 heavy (non-hydrogen) atoms. The fourth-order valence-corrected chi connectivity index (χ4v) is 2.94. The highest BCUT2D eigenvalue weighted by atomic mass is 79.9. The number of aromatic amines is 1. The largest absolute Gasteiger partial charge is 0.454 e. The zero-order chi connectivity index (χ0) is 18.2. The fraction of sp³-hybridized carbons (Fsp3) is 0.0556. The summed E-state index contributed by atoms with van der Waals surface area (Å²) in [4.78, 5) is 14.8. The Kier molecular flexibility index (Phi) is 4.75. The Hall–Kier alpha value is -2.05. The standard InChI is InChI=1S/C18H10BrClF3NO/c19-11-4-7-13-15(9-11)24-14(16(13)17(25)18(21,22)23)8-3-10-1-5-12(20)6-2-10/h1-9,24H/b8-3+. The van der Waals surface area contributed by atoms with E-state index in [1.807, 2.05) is 0 Å². The molecule has 0 amide bonds. The number of fused-ring (bicyclic) bond motifs is 1. The molecule has 0 atom stereocenters. The van der Waals surface area contributed by atoms with E-state index in [9.17, 15) is 18.0 Å². The fourth-order valence-electron chi connectivity index (χ4n) is 2.46. The van der Waals surface area contributed by atoms with Gasteiger partial charge >= 0.3 is 6.18 Å². The smallest absolute Gasteiger partial charge is 0.354 e. The Morgan fingerprint density at radius 1 is 1.08 bits per heavy atom. The second-order valence-electron chi connectivity index (χ2n) is 5.32. The predicted molar refractivity (Wildman–Crippen MR) is 96.8 cm³/mol. The third-order valence-electron chi connectivity index (χ3n) is 3.59. The van der Waals surface area contributed by atoms with Crippen LogP contribution in [0.15, 0.2) is 46.9 Å². The van der Waals surface area contributed by atoms with Crippen LogP contribution < -0.4 is 0 Å². The predicted octanol–water partition coefficient (Wildman–Crippen LogP) is 6.50. The minimum atomic E-state index is -4.95. The first-order valence-corrected chi connectivity index (χ1v) is 8.29. The summed E-state index contributed by atoms with van der Waals surface area (Å²) in [6.45, 7) is 0. The molecule has 0 bridgehead atoms. The van der Waals surface area contributed by atoms with Crippen molar-refractivity contribution in [2.45, 2.75) is 6.18 Å². The number of carbonyl (C=O) groups is 1. The number of halogens is 5. The van der Waals surface area contributed by atoms with Crippen LogP contribution in [0.3, 0.4) is 0 Å². The SMILES string of the molecule is O=C(c1c(/C=C/c2ccc(Cl)cc2)[nH]c2cc(Br)ccc12)C(F)(F)F. The summed E-state index contributed by atoms with van der Waals surface area (Å²) in [5.74, 6) is -1.88. The number of hydrogen-bond donors (Lipinski definition) is 1. The van der Waals surface area contributed by atoms with Crippen LogP contribution in [0.1, 0.15) is 21.6 Å². The molecule has 0 aliphatic rings. The number of carbonyl (C=O) groups excluding carboxylic acids is 1. The maximum atomic E-state index is 13.0. The van der Waals surface area contributed by atoms with Gasteiger partial charge in [0.05, 0.1) is 11.3 Å². The van der Waals surface area contributed by atoms with Gasteiger partial charge in [-0.25, -0.2) is 0 Å². The molecule has 0 saturated heterocycles. The van der Waals surface area contributed by atoms with Crippen molar-refractivity contribution in [1.82, 2.24) is 4.98 Å². The summed E-state index contributed by atoms with van der Waals surface area (Å²) in [6, 6.07) is 11.5. The van der Waals surface area contributed by atoms with E-state index in [1.165, 1.54) is 12.1 Å². The highest BCUT2D eigenvalue weighted by molar-refractivity contribution is 9.10. The normalized spacial score (nSPS) is 12.2. The molecular formula is C18H10BrClF3NO. The minimum Gasteiger partial charge on any atom is -0.354 e. The van der Waals surface area contributed by atoms with Crippen molar-refractivity contribution in [3.05, 3.63) is 68.8 Å². The summed E-state index contributed by atoms with van der Waals surface area (Å²) in [5, 5.41) is 0.779. The number of nitrogens with one attached hydrogen (secondary N) is 1. The van der Waals surface area contributed by atoms with Gasteiger partial charge in [-0.05, 0) is 35.9 Å². The van der Waals surface area contributed by atoms with Crippen LogP contribution in [0.2, 0.25) is 5.02 Å². The molecule has 0 fully saturated rings. The van der Waals surface area contributed by atoms with Gasteiger partial charge in [0.25, 0.3) is 5.78 Å². The van der Waals surface area contributed by atoms with E-state index >= 15 is 0 Å². The Labute approximate surface area is 154 Å². The maximum absolute atomic E-state index is 13.0. The lowest BCUT2D eigenvalue weighted by molar-refractivity contribution is -0.0884. The van der Waals surface area contributed by atoms with Crippen LogP contribution in [-0.2, 0) is 0 Å². The monoisotopic (exact) mass is 427 g/mol. The van der Waals surface area contributed by atoms with E-state index in [1.54, 1.807) is 42.5 Å². The van der Waals surface area contributed by atoms with E-state index in [0.717, 1.165) is 5.56 Å². The number of H-pyrrole nitrogens is 1. The lowest BCUT2D eigenvalue weighted by Gasteiger charge is -2.05. The van der Waals surface area contributed by atoms with Gasteiger partial charge < -0.3 is 4.98 Å². The van der Waals surface area contributed by atoms with Crippen LogP contribution in [0.4, 0.5) is 13.2 Å². The Morgan fingerprint density at radius 2 is 1.76 bits per heavy atom. The van der Waals surface area contributed by atoms with Crippen molar-refractivity contribution >= 4 is 56.4 Å². The molecular weight excluding hydrogens is 419 g/mol. The second-order valence-corrected chi connectivity index (χ2v) is 6.67. The zero-order valence-electron chi connectivity index (χ0n) is 12.5. The molecule has 3 rings (SSSR count). The van der Waals surface area contributed by atoms with Crippen molar-refractivity contribution < 1.29 is 18.0 Å². The van der Waals surface area contributed by atoms with Crippen molar-refractivity contribution in [2.75, 3.05) is 0 Å². The molecule has 0 saturated carbocycles. The first-order chi connectivity index (χ1) is 11.8. The van der Waals surface area contributed by atoms with Crippen LogP contribution in [0.25, 0.3) is 23.1 Å². The second kappa shape index (κ2) is 6.69. The summed E-state index contributed by atoms with van der Waals surface area (Å²) in [5.41, 5.74) is 0.901. The molecule has 3 aromatic rings. The number of hydrogen-bond acceptors (Lipinski definition) is 1. The highest BCUT2D eigenvalue weighted by Gasteiger charge is 2.41. The topological polar surface area (TPSA) is 32.9 Å². The summed E-state index contributed by atoms with van der Waals surface area (Å²) in [6.07, 6.45) is -1.88. The quantitative estimate of drug-likeness (QED) is 0.475. The minimum absolute atomic E-state index is 0.102. The lowest BCUT2D eigenvalue weighted by Crippen LogP contribution is -2.23. The Bertz CT molecular complexity index is 974. The van der Waals surface area contributed by atoms with Crippen molar-refractivity contribution in [1.29, 1.82) is 0 Å². The van der Waals surface area contributed by atoms with E-state index in [-0.39, 0.29) is 16.6 Å². The number of Topliss-reactive ketones (excluding diaryl/α,β-unsaturated/α-hetero) is 1. The average molecular weight is 429 g/mol. The molecule has 0 radical (unpaired) electrons. The van der Waals surface area contributed by atoms with Crippen LogP contribution in [0, 0.1) is 0 Å². The first kappa shape index (κ1) is 17.8. The van der Waals surface area contributed by atoms with Gasteiger partial charge in [-0.1, -0.05) is 51.8 Å². The van der Waals surface area contributed by atoms with E-state index in [4.69, 9.17) is 11.6 Å². The van der Waals surface area contributed by atoms with E-state index < -0.39 is 12.0 Å². The first-order valence-electron chi connectivity index (χ1n) is 7.12. The zero-order valence-corrected chi connectivity index (χ0v) is 14.8. The maximum Gasteiger partial charge on any atom is 0.454 e. The summed E-state index contributed by atoms with van der Waals surface area (Å²) in [7, 11) is 0. The van der Waals surface area contributed by atoms with Crippen LogP contribution >= 0.6 is 27.5 Å². The van der Waals surface area contributed by atoms with Gasteiger partial charge in [-0.2, -0.15) is 13.2 Å².